The summed E-state index contributed by atoms with van der Waals surface area (Å²) >= 11 is 0. The van der Waals surface area contributed by atoms with Gasteiger partial charge in [-0.3, -0.25) is 9.59 Å². The third-order valence-electron chi connectivity index (χ3n) is 6.78. The number of nitrogens with one attached hydrogen (secondary N) is 2. The Morgan fingerprint density at radius 1 is 1.06 bits per heavy atom. The molecule has 0 radical (unpaired) electrons. The van der Waals surface area contributed by atoms with Crippen molar-refractivity contribution in [2.24, 2.45) is 0 Å². The van der Waals surface area contributed by atoms with E-state index < -0.39 is 0 Å². The second-order valence-electron chi connectivity index (χ2n) is 8.91. The van der Waals surface area contributed by atoms with Crippen molar-refractivity contribution in [1.29, 1.82) is 0 Å². The number of aromatic amines is 1. The van der Waals surface area contributed by atoms with Crippen molar-refractivity contribution < 1.29 is 19.1 Å². The van der Waals surface area contributed by atoms with Crippen LogP contribution >= 0.6 is 0 Å². The van der Waals surface area contributed by atoms with Crippen LogP contribution in [0.1, 0.15) is 45.2 Å². The first-order chi connectivity index (χ1) is 17.1. The lowest BCUT2D eigenvalue weighted by atomic mass is 9.95. The Kier molecular flexibility index (Phi) is 5.17. The number of ether oxygens (including phenoxy) is 2. The highest BCUT2D eigenvalue weighted by molar-refractivity contribution is 6.01. The van der Waals surface area contributed by atoms with Crippen LogP contribution in [0, 0.1) is 6.92 Å². The second kappa shape index (κ2) is 8.51. The molecule has 6 rings (SSSR count). The smallest absolute Gasteiger partial charge is 0.255 e. The molecule has 35 heavy (non-hydrogen) atoms. The van der Waals surface area contributed by atoms with Crippen LogP contribution in [0.4, 0.5) is 0 Å². The van der Waals surface area contributed by atoms with Gasteiger partial charge in [0.05, 0.1) is 6.04 Å². The summed E-state index contributed by atoms with van der Waals surface area (Å²) < 4.78 is 10.7. The highest BCUT2D eigenvalue weighted by atomic mass is 16.7. The van der Waals surface area contributed by atoms with Gasteiger partial charge in [0.2, 0.25) is 12.7 Å². The van der Waals surface area contributed by atoms with Gasteiger partial charge in [0, 0.05) is 47.2 Å². The Bertz CT molecular complexity index is 1460. The van der Waals surface area contributed by atoms with E-state index in [1.54, 1.807) is 0 Å². The monoisotopic (exact) mass is 467 g/mol. The number of carbonyl (C=O) groups excluding carboxylic acids is 2. The highest BCUT2D eigenvalue weighted by Crippen LogP contribution is 2.42. The van der Waals surface area contributed by atoms with Crippen molar-refractivity contribution in [3.63, 3.8) is 0 Å². The molecule has 4 aromatic rings. The zero-order chi connectivity index (χ0) is 23.9. The molecule has 0 fully saturated rings. The summed E-state index contributed by atoms with van der Waals surface area (Å²) in [5.74, 6) is 1.25. The van der Waals surface area contributed by atoms with Crippen LogP contribution in [0.5, 0.6) is 11.5 Å². The normalized spacial score (nSPS) is 16.1. The summed E-state index contributed by atoms with van der Waals surface area (Å²) in [6.07, 6.45) is 0.210. The van der Waals surface area contributed by atoms with E-state index in [0.29, 0.717) is 30.2 Å². The molecule has 2 aliphatic rings. The number of H-pyrrole nitrogens is 1. The van der Waals surface area contributed by atoms with Crippen molar-refractivity contribution in [3.8, 4) is 11.5 Å². The largest absolute Gasteiger partial charge is 0.454 e. The van der Waals surface area contributed by atoms with Crippen molar-refractivity contribution in [2.45, 2.75) is 25.9 Å². The first-order valence-electron chi connectivity index (χ1n) is 11.7. The topological polar surface area (TPSA) is 83.7 Å². The quantitative estimate of drug-likeness (QED) is 0.439. The van der Waals surface area contributed by atoms with Gasteiger partial charge < -0.3 is 24.7 Å². The molecule has 1 aromatic heterocycles. The maximum Gasteiger partial charge on any atom is 0.255 e. The lowest BCUT2D eigenvalue weighted by Crippen LogP contribution is -2.34. The summed E-state index contributed by atoms with van der Waals surface area (Å²) in [5, 5.41) is 4.06. The predicted octanol–water partition coefficient (Wildman–Crippen LogP) is 4.46. The molecule has 3 heterocycles. The third-order valence-corrected chi connectivity index (χ3v) is 6.78. The Morgan fingerprint density at radius 2 is 1.86 bits per heavy atom. The highest BCUT2D eigenvalue weighted by Gasteiger charge is 2.39. The molecular formula is C28H25N3O4. The van der Waals surface area contributed by atoms with E-state index in [9.17, 15) is 9.59 Å². The number of hydrogen-bond donors (Lipinski definition) is 2. The fourth-order valence-corrected chi connectivity index (χ4v) is 5.12. The number of rotatable bonds is 6. The number of hydrogen-bond acceptors (Lipinski definition) is 4. The number of fused-ring (bicyclic) bond motifs is 3. The molecule has 0 saturated carbocycles. The van der Waals surface area contributed by atoms with E-state index in [2.05, 4.69) is 16.4 Å². The molecule has 0 bridgehead atoms. The zero-order valence-electron chi connectivity index (χ0n) is 19.3. The summed E-state index contributed by atoms with van der Waals surface area (Å²) in [5.41, 5.74) is 5.75. The maximum atomic E-state index is 13.4. The average Bonchev–Trinajstić information content (AvgIpc) is 3.55. The lowest BCUT2D eigenvalue weighted by Gasteiger charge is -2.26. The van der Waals surface area contributed by atoms with Gasteiger partial charge in [-0.15, -0.1) is 0 Å². The van der Waals surface area contributed by atoms with E-state index >= 15 is 0 Å². The number of aromatic nitrogens is 1. The van der Waals surface area contributed by atoms with Gasteiger partial charge >= 0.3 is 0 Å². The van der Waals surface area contributed by atoms with Gasteiger partial charge in [-0.05, 0) is 42.3 Å². The number of aryl methyl sites for hydroxylation is 1. The van der Waals surface area contributed by atoms with Gasteiger partial charge in [0.1, 0.15) is 0 Å². The molecule has 3 aromatic carbocycles. The predicted molar refractivity (Wildman–Crippen MR) is 131 cm³/mol. The van der Waals surface area contributed by atoms with E-state index in [1.807, 2.05) is 72.5 Å². The Morgan fingerprint density at radius 3 is 2.77 bits per heavy atom. The minimum atomic E-state index is -0.239. The number of amides is 2. The zero-order valence-corrected chi connectivity index (χ0v) is 19.3. The fourth-order valence-electron chi connectivity index (χ4n) is 5.12. The molecule has 176 valence electrons. The van der Waals surface area contributed by atoms with Crippen LogP contribution in [-0.2, 0) is 11.3 Å². The molecule has 0 spiro atoms. The third kappa shape index (κ3) is 3.69. The SMILES string of the molecule is Cc1[nH]c2ccccc2c1C1c2ccccc2C(=O)N1CCC(=O)NCc1ccc2c(c1)OCO2. The molecule has 1 unspecified atom stereocenters. The van der Waals surface area contributed by atoms with Crippen molar-refractivity contribution >= 4 is 22.7 Å². The summed E-state index contributed by atoms with van der Waals surface area (Å²) in [6.45, 7) is 2.96. The number of para-hydroxylation sites is 1. The first kappa shape index (κ1) is 21.3. The van der Waals surface area contributed by atoms with Gasteiger partial charge in [0.25, 0.3) is 5.91 Å². The van der Waals surface area contributed by atoms with E-state index in [-0.39, 0.29) is 31.1 Å². The molecular weight excluding hydrogens is 442 g/mol. The average molecular weight is 468 g/mol. The molecule has 2 amide bonds. The fraction of sp³-hybridized carbons (Fsp3) is 0.214. The Labute approximate surface area is 202 Å². The van der Waals surface area contributed by atoms with Crippen molar-refractivity contribution in [2.75, 3.05) is 13.3 Å². The van der Waals surface area contributed by atoms with Crippen molar-refractivity contribution in [3.05, 3.63) is 94.7 Å². The Hall–Kier alpha value is -4.26. The number of nitrogens with zero attached hydrogens (tertiary/aromatic N) is 1. The lowest BCUT2D eigenvalue weighted by molar-refractivity contribution is -0.121. The van der Waals surface area contributed by atoms with Gasteiger partial charge in [-0.1, -0.05) is 42.5 Å². The standard InChI is InChI=1S/C28H25N3O4/c1-17-26(21-8-4-5-9-22(21)30-17)27-19-6-2-3-7-20(19)28(33)31(27)13-12-25(32)29-15-18-10-11-23-24(14-18)35-16-34-23/h2-11,14,27,30H,12-13,15-16H2,1H3,(H,29,32). The minimum absolute atomic E-state index is 0.0427. The molecule has 7 heteroatoms. The Balaban J connectivity index is 1.22. The van der Waals surface area contributed by atoms with Gasteiger partial charge in [-0.2, -0.15) is 0 Å². The van der Waals surface area contributed by atoms with Crippen LogP contribution in [0.3, 0.4) is 0 Å². The van der Waals surface area contributed by atoms with E-state index in [4.69, 9.17) is 9.47 Å². The molecule has 7 nitrogen and oxygen atoms in total. The van der Waals surface area contributed by atoms with Crippen LogP contribution in [0.2, 0.25) is 0 Å². The molecule has 0 aliphatic carbocycles. The second-order valence-corrected chi connectivity index (χ2v) is 8.91. The van der Waals surface area contributed by atoms with Crippen LogP contribution in [0.25, 0.3) is 10.9 Å². The van der Waals surface area contributed by atoms with E-state index in [1.165, 1.54) is 0 Å². The van der Waals surface area contributed by atoms with Gasteiger partial charge in [-0.25, -0.2) is 0 Å². The molecule has 0 saturated heterocycles. The van der Waals surface area contributed by atoms with Gasteiger partial charge in [0.15, 0.2) is 11.5 Å². The van der Waals surface area contributed by atoms with Crippen LogP contribution < -0.4 is 14.8 Å². The molecule has 2 aliphatic heterocycles. The maximum absolute atomic E-state index is 13.4. The van der Waals surface area contributed by atoms with Crippen LogP contribution in [0.15, 0.2) is 66.7 Å². The molecule has 2 N–H and O–H groups in total. The summed E-state index contributed by atoms with van der Waals surface area (Å²) in [4.78, 5) is 31.4. The number of carbonyl (C=O) groups is 2. The first-order valence-corrected chi connectivity index (χ1v) is 11.7. The summed E-state index contributed by atoms with van der Waals surface area (Å²) in [7, 11) is 0. The van der Waals surface area contributed by atoms with E-state index in [0.717, 1.165) is 33.3 Å². The minimum Gasteiger partial charge on any atom is -0.454 e. The summed E-state index contributed by atoms with van der Waals surface area (Å²) in [6, 6.07) is 21.2. The number of benzene rings is 3. The van der Waals surface area contributed by atoms with Crippen LogP contribution in [-0.4, -0.2) is 35.0 Å². The van der Waals surface area contributed by atoms with Crippen molar-refractivity contribution in [1.82, 2.24) is 15.2 Å². The molecule has 1 atom stereocenters.